The van der Waals surface area contributed by atoms with Crippen LogP contribution in [0, 0.1) is 0 Å². The molecule has 0 bridgehead atoms. The third-order valence-electron chi connectivity index (χ3n) is 4.60. The van der Waals surface area contributed by atoms with Gasteiger partial charge in [-0.3, -0.25) is 0 Å². The van der Waals surface area contributed by atoms with Gasteiger partial charge >= 0.3 is 6.09 Å². The van der Waals surface area contributed by atoms with E-state index in [1.54, 1.807) is 19.2 Å². The fourth-order valence-corrected chi connectivity index (χ4v) is 3.67. The monoisotopic (exact) mass is 497 g/mol. The van der Waals surface area contributed by atoms with Gasteiger partial charge in [0.2, 0.25) is 5.90 Å². The Balaban J connectivity index is 2.45. The number of benzene rings is 1. The zero-order chi connectivity index (χ0) is 25.2. The standard InChI is InChI=1S/C24H36ClN3O4S/c1-22(2,3)32-21(29)28(9)13-12-19(27-33(30)23(4,5)6)18-14-16(25)10-11-17(18)20-26-24(7,8)15-31-20/h10-11,14H,12-13,15H2,1-9H3/t33-/m1/s1. The third-order valence-corrected chi connectivity index (χ3v) is 6.26. The van der Waals surface area contributed by atoms with Crippen molar-refractivity contribution in [2.24, 2.45) is 9.39 Å². The predicted octanol–water partition coefficient (Wildman–Crippen LogP) is 5.40. The van der Waals surface area contributed by atoms with E-state index in [9.17, 15) is 9.35 Å². The molecule has 1 aliphatic heterocycles. The first-order chi connectivity index (χ1) is 15.0. The fraction of sp³-hybridized carbons (Fsp3) is 0.625. The molecule has 0 fully saturated rings. The summed E-state index contributed by atoms with van der Waals surface area (Å²) in [6, 6.07) is 5.38. The highest BCUT2D eigenvalue weighted by Gasteiger charge is 2.32. The molecule has 184 valence electrons. The SMILES string of the molecule is CN(CCC(=N[S@+]([O-])C(C)(C)C)c1cc(Cl)ccc1C1=NC(C)(C)CO1)C(=O)OC(C)(C)C. The molecule has 1 aliphatic rings. The van der Waals surface area contributed by atoms with Gasteiger partial charge in [-0.25, -0.2) is 9.79 Å². The van der Waals surface area contributed by atoms with E-state index in [-0.39, 0.29) is 5.54 Å². The minimum Gasteiger partial charge on any atom is -0.591 e. The molecule has 9 heteroatoms. The summed E-state index contributed by atoms with van der Waals surface area (Å²) in [5.41, 5.74) is 1.05. The second-order valence-electron chi connectivity index (χ2n) is 10.8. The highest BCUT2D eigenvalue weighted by molar-refractivity contribution is 7.91. The van der Waals surface area contributed by atoms with Gasteiger partial charge < -0.3 is 18.9 Å². The number of halogens is 1. The number of amides is 1. The number of rotatable bonds is 6. The lowest BCUT2D eigenvalue weighted by atomic mass is 10.0. The maximum atomic E-state index is 13.0. The van der Waals surface area contributed by atoms with Crippen molar-refractivity contribution in [2.75, 3.05) is 20.2 Å². The summed E-state index contributed by atoms with van der Waals surface area (Å²) in [6.07, 6.45) is -0.0861. The molecule has 1 aromatic rings. The summed E-state index contributed by atoms with van der Waals surface area (Å²) in [5, 5.41) is 0.515. The van der Waals surface area contributed by atoms with Crippen molar-refractivity contribution in [3.05, 3.63) is 34.3 Å². The van der Waals surface area contributed by atoms with Gasteiger partial charge in [0, 0.05) is 36.2 Å². The average molecular weight is 498 g/mol. The lowest BCUT2D eigenvalue weighted by molar-refractivity contribution is 0.0303. The van der Waals surface area contributed by atoms with Crippen LogP contribution in [0.2, 0.25) is 5.02 Å². The van der Waals surface area contributed by atoms with Gasteiger partial charge in [-0.05, 0) is 73.6 Å². The van der Waals surface area contributed by atoms with Crippen molar-refractivity contribution in [3.63, 3.8) is 0 Å². The number of ether oxygens (including phenoxy) is 2. The van der Waals surface area contributed by atoms with E-state index in [1.807, 2.05) is 61.5 Å². The van der Waals surface area contributed by atoms with Crippen LogP contribution >= 0.6 is 11.6 Å². The van der Waals surface area contributed by atoms with Crippen molar-refractivity contribution in [1.82, 2.24) is 4.90 Å². The molecule has 1 aromatic carbocycles. The van der Waals surface area contributed by atoms with Gasteiger partial charge in [0.1, 0.15) is 34.0 Å². The summed E-state index contributed by atoms with van der Waals surface area (Å²) >= 11 is 4.83. The molecule has 0 saturated heterocycles. The maximum Gasteiger partial charge on any atom is 0.410 e. The zero-order valence-electron chi connectivity index (χ0n) is 21.1. The molecule has 1 amide bonds. The molecule has 0 radical (unpaired) electrons. The Morgan fingerprint density at radius 1 is 1.30 bits per heavy atom. The molecule has 0 saturated carbocycles. The van der Waals surface area contributed by atoms with E-state index in [1.165, 1.54) is 4.90 Å². The molecule has 33 heavy (non-hydrogen) atoms. The summed E-state index contributed by atoms with van der Waals surface area (Å²) in [6.45, 7) is 15.8. The first kappa shape index (κ1) is 27.5. The Labute approximate surface area is 205 Å². The Kier molecular flexibility index (Phi) is 8.52. The maximum absolute atomic E-state index is 13.0. The second-order valence-corrected chi connectivity index (χ2v) is 13.1. The van der Waals surface area contributed by atoms with Crippen LogP contribution in [0.5, 0.6) is 0 Å². The van der Waals surface area contributed by atoms with Crippen molar-refractivity contribution in [1.29, 1.82) is 0 Å². The predicted molar refractivity (Wildman–Crippen MR) is 136 cm³/mol. The number of hydrogen-bond acceptors (Lipinski definition) is 6. The summed E-state index contributed by atoms with van der Waals surface area (Å²) < 4.78 is 28.3. The number of hydrogen-bond donors (Lipinski definition) is 0. The highest BCUT2D eigenvalue weighted by atomic mass is 35.5. The van der Waals surface area contributed by atoms with E-state index < -0.39 is 27.8 Å². The Morgan fingerprint density at radius 2 is 1.94 bits per heavy atom. The van der Waals surface area contributed by atoms with Gasteiger partial charge in [0.25, 0.3) is 0 Å². The molecular formula is C24H36ClN3O4S. The minimum absolute atomic E-state index is 0.319. The molecule has 0 spiro atoms. The van der Waals surface area contributed by atoms with Gasteiger partial charge in [-0.1, -0.05) is 16.0 Å². The number of carbonyl (C=O) groups excluding carboxylic acids is 1. The summed E-state index contributed by atoms with van der Waals surface area (Å²) in [5.74, 6) is 0.501. The second kappa shape index (κ2) is 10.2. The van der Waals surface area contributed by atoms with E-state index in [4.69, 9.17) is 26.1 Å². The van der Waals surface area contributed by atoms with Crippen LogP contribution in [0.15, 0.2) is 27.6 Å². The molecule has 0 aromatic heterocycles. The summed E-state index contributed by atoms with van der Waals surface area (Å²) in [4.78, 5) is 18.6. The molecule has 0 N–H and O–H groups in total. The van der Waals surface area contributed by atoms with Crippen LogP contribution in [-0.2, 0) is 20.8 Å². The Hall–Kier alpha value is -1.77. The van der Waals surface area contributed by atoms with E-state index >= 15 is 0 Å². The van der Waals surface area contributed by atoms with Gasteiger partial charge in [-0.2, -0.15) is 0 Å². The normalized spacial score (nSPS) is 17.3. The van der Waals surface area contributed by atoms with Crippen LogP contribution < -0.4 is 0 Å². The molecule has 2 rings (SSSR count). The highest BCUT2D eigenvalue weighted by Crippen LogP contribution is 2.27. The third kappa shape index (κ3) is 8.19. The minimum atomic E-state index is -1.51. The van der Waals surface area contributed by atoms with Crippen LogP contribution in [0.3, 0.4) is 0 Å². The van der Waals surface area contributed by atoms with Crippen LogP contribution in [0.1, 0.15) is 72.9 Å². The lowest BCUT2D eigenvalue weighted by Gasteiger charge is -2.25. The van der Waals surface area contributed by atoms with Gasteiger partial charge in [0.05, 0.1) is 5.54 Å². The van der Waals surface area contributed by atoms with Crippen molar-refractivity contribution < 1.29 is 18.8 Å². The molecule has 1 heterocycles. The fourth-order valence-electron chi connectivity index (χ4n) is 2.84. The van der Waals surface area contributed by atoms with Crippen LogP contribution in [0.25, 0.3) is 0 Å². The van der Waals surface area contributed by atoms with Crippen LogP contribution in [0.4, 0.5) is 4.79 Å². The zero-order valence-corrected chi connectivity index (χ0v) is 22.7. The molecule has 1 atom stereocenters. The largest absolute Gasteiger partial charge is 0.591 e. The molecular weight excluding hydrogens is 462 g/mol. The average Bonchev–Trinajstić information content (AvgIpc) is 3.01. The molecule has 7 nitrogen and oxygen atoms in total. The van der Waals surface area contributed by atoms with E-state index in [2.05, 4.69) is 4.40 Å². The van der Waals surface area contributed by atoms with Crippen molar-refractivity contribution >= 4 is 40.7 Å². The first-order valence-corrected chi connectivity index (χ1v) is 12.4. The van der Waals surface area contributed by atoms with Crippen molar-refractivity contribution in [3.8, 4) is 0 Å². The van der Waals surface area contributed by atoms with Crippen LogP contribution in [-0.4, -0.2) is 63.2 Å². The number of nitrogens with zero attached hydrogens (tertiary/aromatic N) is 3. The number of aliphatic imine (C=N–C) groups is 1. The quantitative estimate of drug-likeness (QED) is 0.388. The smallest absolute Gasteiger partial charge is 0.410 e. The molecule has 0 aliphatic carbocycles. The van der Waals surface area contributed by atoms with E-state index in [0.29, 0.717) is 41.8 Å². The first-order valence-electron chi connectivity index (χ1n) is 11.0. The Morgan fingerprint density at radius 3 is 2.45 bits per heavy atom. The van der Waals surface area contributed by atoms with Crippen molar-refractivity contribution in [2.45, 2.75) is 77.7 Å². The van der Waals surface area contributed by atoms with Gasteiger partial charge in [-0.15, -0.1) is 0 Å². The topological polar surface area (TPSA) is 86.5 Å². The summed E-state index contributed by atoms with van der Waals surface area (Å²) in [7, 11) is 1.66. The van der Waals surface area contributed by atoms with E-state index in [0.717, 1.165) is 5.56 Å². The molecule has 0 unspecified atom stereocenters. The van der Waals surface area contributed by atoms with Gasteiger partial charge in [0.15, 0.2) is 0 Å². The number of carbonyl (C=O) groups is 1. The lowest BCUT2D eigenvalue weighted by Crippen LogP contribution is -2.35. The Bertz CT molecular complexity index is 933.